The minimum atomic E-state index is 0.616. The van der Waals surface area contributed by atoms with Crippen LogP contribution in [0.15, 0.2) is 52.7 Å². The second kappa shape index (κ2) is 8.58. The molecule has 0 spiro atoms. The molecule has 0 fully saturated rings. The van der Waals surface area contributed by atoms with Crippen LogP contribution in [0.1, 0.15) is 17.0 Å². The van der Waals surface area contributed by atoms with Crippen LogP contribution in [0.4, 0.5) is 0 Å². The van der Waals surface area contributed by atoms with E-state index >= 15 is 0 Å². The zero-order valence-corrected chi connectivity index (χ0v) is 16.5. The first kappa shape index (κ1) is 18.8. The molecule has 5 nitrogen and oxygen atoms in total. The Morgan fingerprint density at radius 1 is 1.19 bits per heavy atom. The van der Waals surface area contributed by atoms with Crippen LogP contribution in [-0.4, -0.2) is 28.2 Å². The standard InChI is InChI=1S/C18H16Cl2N4OS/c1-12-22-23-18(26-11-14-6-7-15(19)9-17(14)20)24(12)21-10-13-4-3-5-16(8-13)25-2/h3-10H,11H2,1-2H3/b21-10-. The third-order valence-electron chi connectivity index (χ3n) is 3.56. The molecule has 0 radical (unpaired) electrons. The van der Waals surface area contributed by atoms with Gasteiger partial charge >= 0.3 is 0 Å². The molecule has 8 heteroatoms. The Bertz CT molecular complexity index is 943. The molecule has 3 aromatic rings. The highest BCUT2D eigenvalue weighted by Gasteiger charge is 2.10. The van der Waals surface area contributed by atoms with Gasteiger partial charge in [-0.15, -0.1) is 10.2 Å². The van der Waals surface area contributed by atoms with E-state index in [0.717, 1.165) is 16.9 Å². The van der Waals surface area contributed by atoms with Gasteiger partial charge in [-0.2, -0.15) is 9.78 Å². The van der Waals surface area contributed by atoms with E-state index in [4.69, 9.17) is 27.9 Å². The SMILES string of the molecule is COc1cccc(/C=N\n2c(C)nnc2SCc2ccc(Cl)cc2Cl)c1. The summed E-state index contributed by atoms with van der Waals surface area (Å²) in [6.45, 7) is 1.86. The Labute approximate surface area is 166 Å². The highest BCUT2D eigenvalue weighted by atomic mass is 35.5. The van der Waals surface area contributed by atoms with Gasteiger partial charge in [-0.05, 0) is 42.3 Å². The number of thioether (sulfide) groups is 1. The van der Waals surface area contributed by atoms with Gasteiger partial charge < -0.3 is 4.74 Å². The Hall–Kier alpha value is -2.02. The summed E-state index contributed by atoms with van der Waals surface area (Å²) in [4.78, 5) is 0. The molecule has 0 saturated carbocycles. The molecule has 0 amide bonds. The fourth-order valence-corrected chi connectivity index (χ4v) is 3.68. The molecule has 0 bridgehead atoms. The largest absolute Gasteiger partial charge is 0.497 e. The maximum Gasteiger partial charge on any atom is 0.212 e. The fraction of sp³-hybridized carbons (Fsp3) is 0.167. The predicted octanol–water partition coefficient (Wildman–Crippen LogP) is 5.08. The molecule has 1 aromatic heterocycles. The summed E-state index contributed by atoms with van der Waals surface area (Å²) in [5.41, 5.74) is 1.90. The Balaban J connectivity index is 1.77. The number of hydrogen-bond acceptors (Lipinski definition) is 5. The molecule has 0 aliphatic heterocycles. The van der Waals surface area contributed by atoms with Gasteiger partial charge in [-0.1, -0.05) is 53.2 Å². The highest BCUT2D eigenvalue weighted by Crippen LogP contribution is 2.28. The lowest BCUT2D eigenvalue weighted by Crippen LogP contribution is -1.97. The van der Waals surface area contributed by atoms with Crippen LogP contribution < -0.4 is 4.74 Å². The first-order valence-electron chi connectivity index (χ1n) is 7.74. The third-order valence-corrected chi connectivity index (χ3v) is 5.11. The van der Waals surface area contributed by atoms with Crippen molar-refractivity contribution in [1.29, 1.82) is 0 Å². The zero-order chi connectivity index (χ0) is 18.5. The molecule has 0 aliphatic rings. The van der Waals surface area contributed by atoms with Gasteiger partial charge in [0.15, 0.2) is 5.82 Å². The maximum absolute atomic E-state index is 6.23. The lowest BCUT2D eigenvalue weighted by atomic mass is 10.2. The summed E-state index contributed by atoms with van der Waals surface area (Å²) in [6.07, 6.45) is 1.75. The molecule has 2 aromatic carbocycles. The van der Waals surface area contributed by atoms with Crippen molar-refractivity contribution in [3.8, 4) is 5.75 Å². The van der Waals surface area contributed by atoms with E-state index in [9.17, 15) is 0 Å². The van der Waals surface area contributed by atoms with Gasteiger partial charge in [-0.3, -0.25) is 0 Å². The number of aromatic nitrogens is 3. The van der Waals surface area contributed by atoms with E-state index in [1.165, 1.54) is 11.8 Å². The van der Waals surface area contributed by atoms with Crippen LogP contribution in [0.2, 0.25) is 10.0 Å². The number of nitrogens with zero attached hydrogens (tertiary/aromatic N) is 4. The Morgan fingerprint density at radius 2 is 2.04 bits per heavy atom. The van der Waals surface area contributed by atoms with Crippen molar-refractivity contribution in [2.75, 3.05) is 7.11 Å². The first-order chi connectivity index (χ1) is 12.6. The minimum Gasteiger partial charge on any atom is -0.497 e. The average molecular weight is 407 g/mol. The Kier molecular flexibility index (Phi) is 6.19. The summed E-state index contributed by atoms with van der Waals surface area (Å²) in [6, 6.07) is 13.1. The molecule has 0 aliphatic carbocycles. The van der Waals surface area contributed by atoms with Crippen molar-refractivity contribution in [2.24, 2.45) is 5.10 Å². The quantitative estimate of drug-likeness (QED) is 0.423. The molecular formula is C18H16Cl2N4OS. The molecule has 1 heterocycles. The number of rotatable bonds is 6. The van der Waals surface area contributed by atoms with E-state index in [1.54, 1.807) is 24.1 Å². The number of methoxy groups -OCH3 is 1. The van der Waals surface area contributed by atoms with Crippen molar-refractivity contribution < 1.29 is 4.74 Å². The van der Waals surface area contributed by atoms with Crippen molar-refractivity contribution in [3.63, 3.8) is 0 Å². The predicted molar refractivity (Wildman–Crippen MR) is 107 cm³/mol. The second-order valence-electron chi connectivity index (χ2n) is 5.39. The van der Waals surface area contributed by atoms with Gasteiger partial charge in [0.25, 0.3) is 0 Å². The van der Waals surface area contributed by atoms with E-state index in [0.29, 0.717) is 26.8 Å². The first-order valence-corrected chi connectivity index (χ1v) is 9.48. The smallest absolute Gasteiger partial charge is 0.212 e. The van der Waals surface area contributed by atoms with E-state index in [1.807, 2.05) is 43.3 Å². The van der Waals surface area contributed by atoms with Gasteiger partial charge in [0.2, 0.25) is 5.16 Å². The maximum atomic E-state index is 6.23. The summed E-state index contributed by atoms with van der Waals surface area (Å²) in [5, 5.41) is 14.7. The highest BCUT2D eigenvalue weighted by molar-refractivity contribution is 7.98. The number of aryl methyl sites for hydroxylation is 1. The van der Waals surface area contributed by atoms with Gasteiger partial charge in [0.05, 0.1) is 13.3 Å². The third kappa shape index (κ3) is 4.58. The van der Waals surface area contributed by atoms with Crippen molar-refractivity contribution >= 4 is 41.2 Å². The van der Waals surface area contributed by atoms with Crippen LogP contribution >= 0.6 is 35.0 Å². The van der Waals surface area contributed by atoms with Crippen LogP contribution in [0.5, 0.6) is 5.75 Å². The summed E-state index contributed by atoms with van der Waals surface area (Å²) in [7, 11) is 1.64. The van der Waals surface area contributed by atoms with Crippen LogP contribution in [0.25, 0.3) is 0 Å². The number of halogens is 2. The fourth-order valence-electron chi connectivity index (χ4n) is 2.19. The van der Waals surface area contributed by atoms with Crippen LogP contribution in [0.3, 0.4) is 0 Å². The van der Waals surface area contributed by atoms with Crippen molar-refractivity contribution in [1.82, 2.24) is 14.9 Å². The molecule has 134 valence electrons. The van der Waals surface area contributed by atoms with Crippen molar-refractivity contribution in [2.45, 2.75) is 17.8 Å². The summed E-state index contributed by atoms with van der Waals surface area (Å²) in [5.74, 6) is 2.12. The summed E-state index contributed by atoms with van der Waals surface area (Å²) >= 11 is 13.7. The van der Waals surface area contributed by atoms with E-state index in [2.05, 4.69) is 15.3 Å². The Morgan fingerprint density at radius 3 is 2.81 bits per heavy atom. The molecule has 3 rings (SSSR count). The van der Waals surface area contributed by atoms with Crippen molar-refractivity contribution in [3.05, 3.63) is 69.5 Å². The monoisotopic (exact) mass is 406 g/mol. The van der Waals surface area contributed by atoms with Gasteiger partial charge in [0, 0.05) is 15.8 Å². The summed E-state index contributed by atoms with van der Waals surface area (Å²) < 4.78 is 6.93. The zero-order valence-electron chi connectivity index (χ0n) is 14.2. The van der Waals surface area contributed by atoms with Crippen LogP contribution in [-0.2, 0) is 5.75 Å². The molecule has 0 atom stereocenters. The average Bonchev–Trinajstić information content (AvgIpc) is 2.99. The molecular weight excluding hydrogens is 391 g/mol. The minimum absolute atomic E-state index is 0.616. The lowest BCUT2D eigenvalue weighted by Gasteiger charge is -2.05. The molecule has 0 N–H and O–H groups in total. The lowest BCUT2D eigenvalue weighted by molar-refractivity contribution is 0.414. The number of benzene rings is 2. The topological polar surface area (TPSA) is 52.3 Å². The molecule has 0 unspecified atom stereocenters. The molecule has 26 heavy (non-hydrogen) atoms. The van der Waals surface area contributed by atoms with Gasteiger partial charge in [0.1, 0.15) is 5.75 Å². The molecule has 0 saturated heterocycles. The van der Waals surface area contributed by atoms with E-state index in [-0.39, 0.29) is 0 Å². The second-order valence-corrected chi connectivity index (χ2v) is 7.17. The van der Waals surface area contributed by atoms with Crippen LogP contribution in [0, 0.1) is 6.92 Å². The van der Waals surface area contributed by atoms with Gasteiger partial charge in [-0.25, -0.2) is 0 Å². The normalized spacial score (nSPS) is 11.2. The van der Waals surface area contributed by atoms with E-state index < -0.39 is 0 Å². The number of ether oxygens (including phenoxy) is 1. The number of hydrogen-bond donors (Lipinski definition) is 0.